The van der Waals surface area contributed by atoms with Gasteiger partial charge in [-0.1, -0.05) is 48.5 Å². The average molecular weight is 532 g/mol. The van der Waals surface area contributed by atoms with E-state index in [1.165, 1.54) is 40.3 Å². The number of benzene rings is 3. The van der Waals surface area contributed by atoms with Gasteiger partial charge in [0.1, 0.15) is 6.04 Å². The fourth-order valence-electron chi connectivity index (χ4n) is 3.89. The maximum Gasteiger partial charge on any atom is 0.244 e. The van der Waals surface area contributed by atoms with Crippen molar-refractivity contribution in [2.75, 3.05) is 31.2 Å². The molecule has 1 unspecified atom stereocenters. The number of nitrogens with zero attached hydrogens (tertiary/aromatic N) is 2. The number of amides is 1. The van der Waals surface area contributed by atoms with Gasteiger partial charge >= 0.3 is 0 Å². The smallest absolute Gasteiger partial charge is 0.244 e. The van der Waals surface area contributed by atoms with Gasteiger partial charge in [-0.2, -0.15) is 8.61 Å². The molecule has 3 aromatic carbocycles. The van der Waals surface area contributed by atoms with Crippen molar-refractivity contribution in [1.29, 1.82) is 0 Å². The van der Waals surface area contributed by atoms with Crippen LogP contribution in [0.5, 0.6) is 0 Å². The van der Waals surface area contributed by atoms with Crippen LogP contribution < -0.4 is 5.32 Å². The normalized spacial score (nSPS) is 17.7. The van der Waals surface area contributed by atoms with Crippen LogP contribution in [0.15, 0.2) is 99.6 Å². The first-order valence-electron chi connectivity index (χ1n) is 10.8. The lowest BCUT2D eigenvalue weighted by Crippen LogP contribution is -2.60. The summed E-state index contributed by atoms with van der Waals surface area (Å²) in [5.41, 5.74) is 0.532. The van der Waals surface area contributed by atoms with Gasteiger partial charge < -0.3 is 5.32 Å². The minimum Gasteiger partial charge on any atom is -0.324 e. The number of nitrogens with one attached hydrogen (secondary N) is 1. The highest BCUT2D eigenvalue weighted by Gasteiger charge is 2.43. The topological polar surface area (TPSA) is 104 Å². The monoisotopic (exact) mass is 531 g/mol. The largest absolute Gasteiger partial charge is 0.324 e. The van der Waals surface area contributed by atoms with Gasteiger partial charge in [-0.05, 0) is 42.7 Å². The third-order valence-corrected chi connectivity index (χ3v) is 10.3. The van der Waals surface area contributed by atoms with Crippen molar-refractivity contribution >= 4 is 43.4 Å². The zero-order valence-corrected chi connectivity index (χ0v) is 21.4. The van der Waals surface area contributed by atoms with Crippen molar-refractivity contribution in [1.82, 2.24) is 8.61 Å². The number of thioether (sulfide) groups is 1. The Bertz CT molecular complexity index is 1400. The summed E-state index contributed by atoms with van der Waals surface area (Å²) in [6, 6.07) is 21.6. The van der Waals surface area contributed by atoms with E-state index in [1.54, 1.807) is 48.5 Å². The van der Waals surface area contributed by atoms with E-state index in [0.717, 1.165) is 9.20 Å². The highest BCUT2D eigenvalue weighted by Crippen LogP contribution is 2.28. The molecule has 1 saturated heterocycles. The van der Waals surface area contributed by atoms with Crippen molar-refractivity contribution in [2.24, 2.45) is 0 Å². The summed E-state index contributed by atoms with van der Waals surface area (Å²) < 4.78 is 55.7. The summed E-state index contributed by atoms with van der Waals surface area (Å²) in [4.78, 5) is 14.4. The predicted octanol–water partition coefficient (Wildman–Crippen LogP) is 3.11. The van der Waals surface area contributed by atoms with E-state index in [4.69, 9.17) is 0 Å². The lowest BCUT2D eigenvalue weighted by Gasteiger charge is -2.39. The zero-order valence-electron chi connectivity index (χ0n) is 18.9. The van der Waals surface area contributed by atoms with Crippen LogP contribution in [0.3, 0.4) is 0 Å². The summed E-state index contributed by atoms with van der Waals surface area (Å²) in [5.74, 6) is -0.598. The van der Waals surface area contributed by atoms with Crippen LogP contribution in [0.1, 0.15) is 0 Å². The Morgan fingerprint density at radius 3 is 1.94 bits per heavy atom. The molecule has 3 aromatic rings. The van der Waals surface area contributed by atoms with Gasteiger partial charge in [-0.15, -0.1) is 11.8 Å². The van der Waals surface area contributed by atoms with Gasteiger partial charge in [0.05, 0.1) is 15.5 Å². The molecule has 0 aromatic heterocycles. The Kier molecular flexibility index (Phi) is 7.62. The predicted molar refractivity (Wildman–Crippen MR) is 136 cm³/mol. The molecule has 1 heterocycles. The van der Waals surface area contributed by atoms with Crippen molar-refractivity contribution in [3.8, 4) is 0 Å². The number of sulfonamides is 2. The number of hydrogen-bond donors (Lipinski definition) is 1. The average Bonchev–Trinajstić information content (AvgIpc) is 2.89. The summed E-state index contributed by atoms with van der Waals surface area (Å²) in [6.45, 7) is -0.545. The number of carbonyl (C=O) groups excluding carboxylic acids is 1. The van der Waals surface area contributed by atoms with Gasteiger partial charge in [-0.3, -0.25) is 4.79 Å². The van der Waals surface area contributed by atoms with Gasteiger partial charge in [0.2, 0.25) is 26.0 Å². The Morgan fingerprint density at radius 2 is 1.34 bits per heavy atom. The van der Waals surface area contributed by atoms with Crippen LogP contribution >= 0.6 is 11.8 Å². The molecule has 0 radical (unpaired) electrons. The van der Waals surface area contributed by atoms with Gasteiger partial charge in [-0.25, -0.2) is 16.8 Å². The van der Waals surface area contributed by atoms with Gasteiger partial charge in [0.25, 0.3) is 0 Å². The van der Waals surface area contributed by atoms with Crippen molar-refractivity contribution < 1.29 is 21.6 Å². The number of piperazine rings is 1. The molecular formula is C24H25N3O5S3. The molecule has 184 valence electrons. The van der Waals surface area contributed by atoms with E-state index < -0.39 is 32.0 Å². The van der Waals surface area contributed by atoms with Crippen LogP contribution in [0.2, 0.25) is 0 Å². The second-order valence-corrected chi connectivity index (χ2v) is 12.5. The SMILES string of the molecule is CSc1ccccc1NC(=O)C1CN(S(=O)(=O)c2ccccc2)CCN1S(=O)(=O)c1ccccc1. The third kappa shape index (κ3) is 5.29. The van der Waals surface area contributed by atoms with Gasteiger partial charge in [0, 0.05) is 24.5 Å². The summed E-state index contributed by atoms with van der Waals surface area (Å²) in [6.07, 6.45) is 1.87. The van der Waals surface area contributed by atoms with Crippen LogP contribution in [0.25, 0.3) is 0 Å². The number of hydrogen-bond acceptors (Lipinski definition) is 6. The molecule has 1 amide bonds. The summed E-state index contributed by atoms with van der Waals surface area (Å²) >= 11 is 1.44. The second kappa shape index (κ2) is 10.5. The summed E-state index contributed by atoms with van der Waals surface area (Å²) in [5, 5.41) is 2.81. The number of rotatable bonds is 7. The molecular weight excluding hydrogens is 506 g/mol. The molecule has 35 heavy (non-hydrogen) atoms. The fourth-order valence-corrected chi connectivity index (χ4v) is 7.50. The Balaban J connectivity index is 1.70. The van der Waals surface area contributed by atoms with Crippen molar-refractivity contribution in [2.45, 2.75) is 20.7 Å². The highest BCUT2D eigenvalue weighted by molar-refractivity contribution is 7.98. The van der Waals surface area contributed by atoms with E-state index in [2.05, 4.69) is 5.32 Å². The number of anilines is 1. The van der Waals surface area contributed by atoms with E-state index in [0.29, 0.717) is 5.69 Å². The first-order valence-corrected chi connectivity index (χ1v) is 14.9. The second-order valence-electron chi connectivity index (χ2n) is 7.81. The molecule has 0 saturated carbocycles. The molecule has 0 aliphatic carbocycles. The molecule has 1 fully saturated rings. The van der Waals surface area contributed by atoms with Crippen molar-refractivity contribution in [3.63, 3.8) is 0 Å². The van der Waals surface area contributed by atoms with Gasteiger partial charge in [0.15, 0.2) is 0 Å². The molecule has 0 spiro atoms. The Morgan fingerprint density at radius 1 is 0.800 bits per heavy atom. The van der Waals surface area contributed by atoms with Crippen LogP contribution in [-0.4, -0.2) is 63.3 Å². The lowest BCUT2D eigenvalue weighted by molar-refractivity contribution is -0.120. The molecule has 0 bridgehead atoms. The molecule has 1 aliphatic rings. The number of para-hydroxylation sites is 1. The minimum absolute atomic E-state index is 0.0432. The van der Waals surface area contributed by atoms with Crippen LogP contribution in [-0.2, 0) is 24.8 Å². The lowest BCUT2D eigenvalue weighted by atomic mass is 10.2. The first kappa shape index (κ1) is 25.4. The van der Waals surface area contributed by atoms with E-state index in [9.17, 15) is 21.6 Å². The third-order valence-electron chi connectivity index (χ3n) is 5.69. The Labute approximate surface area is 210 Å². The highest BCUT2D eigenvalue weighted by atomic mass is 32.2. The first-order chi connectivity index (χ1) is 16.7. The van der Waals surface area contributed by atoms with E-state index in [1.807, 2.05) is 18.4 Å². The molecule has 1 atom stereocenters. The number of carbonyl (C=O) groups is 1. The molecule has 1 N–H and O–H groups in total. The standard InChI is InChI=1S/C24H25N3O5S3/c1-33-23-15-9-8-14-21(23)25-24(28)22-18-26(34(29,30)19-10-4-2-5-11-19)16-17-27(22)35(31,32)20-12-6-3-7-13-20/h2-15,22H,16-18H2,1H3,(H,25,28). The fraction of sp³-hybridized carbons (Fsp3) is 0.208. The molecule has 1 aliphatic heterocycles. The summed E-state index contributed by atoms with van der Waals surface area (Å²) in [7, 11) is -7.97. The van der Waals surface area contributed by atoms with Crippen LogP contribution in [0.4, 0.5) is 5.69 Å². The Hall–Kier alpha value is -2.70. The molecule has 8 nitrogen and oxygen atoms in total. The minimum atomic E-state index is -4.05. The maximum atomic E-state index is 13.5. The van der Waals surface area contributed by atoms with E-state index >= 15 is 0 Å². The zero-order chi connectivity index (χ0) is 25.1. The molecule has 4 rings (SSSR count). The maximum absolute atomic E-state index is 13.5. The quantitative estimate of drug-likeness (QED) is 0.470. The molecule has 11 heteroatoms. The van der Waals surface area contributed by atoms with Crippen molar-refractivity contribution in [3.05, 3.63) is 84.9 Å². The van der Waals surface area contributed by atoms with E-state index in [-0.39, 0.29) is 29.4 Å². The van der Waals surface area contributed by atoms with Crippen LogP contribution in [0, 0.1) is 0 Å².